The number of carbonyl (C=O) groups excluding carboxylic acids is 2. The first-order valence-electron chi connectivity index (χ1n) is 10.7. The third-order valence-corrected chi connectivity index (χ3v) is 5.81. The summed E-state index contributed by atoms with van der Waals surface area (Å²) in [4.78, 5) is 27.3. The number of halogens is 2. The summed E-state index contributed by atoms with van der Waals surface area (Å²) >= 11 is 5.96. The lowest BCUT2D eigenvalue weighted by Crippen LogP contribution is -2.51. The first-order valence-corrected chi connectivity index (χ1v) is 11.0. The quantitative estimate of drug-likeness (QED) is 0.638. The highest BCUT2D eigenvalue weighted by molar-refractivity contribution is 6.30. The number of rotatable bonds is 8. The maximum atomic E-state index is 14.3. The van der Waals surface area contributed by atoms with Crippen LogP contribution < -0.4 is 10.1 Å². The molecular formula is C24H28ClFN2O3. The van der Waals surface area contributed by atoms with E-state index in [1.807, 2.05) is 0 Å². The zero-order valence-corrected chi connectivity index (χ0v) is 18.4. The molecule has 0 aromatic heterocycles. The minimum absolute atomic E-state index is 0.0241. The van der Waals surface area contributed by atoms with Crippen LogP contribution in [0.2, 0.25) is 5.02 Å². The van der Waals surface area contributed by atoms with Gasteiger partial charge in [0.2, 0.25) is 5.91 Å². The Morgan fingerprint density at radius 1 is 1.16 bits per heavy atom. The van der Waals surface area contributed by atoms with E-state index in [2.05, 4.69) is 5.32 Å². The van der Waals surface area contributed by atoms with E-state index in [0.717, 1.165) is 25.7 Å². The van der Waals surface area contributed by atoms with Crippen molar-refractivity contribution in [1.29, 1.82) is 0 Å². The van der Waals surface area contributed by atoms with Gasteiger partial charge in [-0.2, -0.15) is 0 Å². The van der Waals surface area contributed by atoms with Gasteiger partial charge in [-0.05, 0) is 44.0 Å². The van der Waals surface area contributed by atoms with Gasteiger partial charge in [-0.3, -0.25) is 9.59 Å². The van der Waals surface area contributed by atoms with Crippen LogP contribution in [0.1, 0.15) is 44.6 Å². The summed E-state index contributed by atoms with van der Waals surface area (Å²) in [6.45, 7) is 1.36. The summed E-state index contributed by atoms with van der Waals surface area (Å²) in [5.41, 5.74) is 0.343. The molecule has 0 aliphatic heterocycles. The van der Waals surface area contributed by atoms with Crippen LogP contribution in [0, 0.1) is 5.82 Å². The largest absolute Gasteiger partial charge is 0.484 e. The summed E-state index contributed by atoms with van der Waals surface area (Å²) in [7, 11) is 0. The fraction of sp³-hybridized carbons (Fsp3) is 0.417. The highest BCUT2D eigenvalue weighted by Gasteiger charge is 2.29. The van der Waals surface area contributed by atoms with E-state index in [9.17, 15) is 14.0 Å². The smallest absolute Gasteiger partial charge is 0.261 e. The lowest BCUT2D eigenvalue weighted by molar-refractivity contribution is -0.142. The minimum Gasteiger partial charge on any atom is -0.484 e. The highest BCUT2D eigenvalue weighted by atomic mass is 35.5. The summed E-state index contributed by atoms with van der Waals surface area (Å²) in [6, 6.07) is 12.3. The minimum atomic E-state index is -0.767. The number of ether oxygens (including phenoxy) is 1. The van der Waals surface area contributed by atoms with Crippen LogP contribution >= 0.6 is 11.6 Å². The van der Waals surface area contributed by atoms with Crippen LogP contribution in [-0.4, -0.2) is 35.4 Å². The molecule has 1 aliphatic rings. The first kappa shape index (κ1) is 23.1. The Morgan fingerprint density at radius 2 is 1.90 bits per heavy atom. The van der Waals surface area contributed by atoms with Crippen LogP contribution in [0.15, 0.2) is 48.5 Å². The van der Waals surface area contributed by atoms with Crippen LogP contribution in [0.3, 0.4) is 0 Å². The van der Waals surface area contributed by atoms with E-state index in [0.29, 0.717) is 16.3 Å². The second kappa shape index (κ2) is 11.1. The van der Waals surface area contributed by atoms with Crippen LogP contribution in [0.25, 0.3) is 0 Å². The number of nitrogens with one attached hydrogen (secondary N) is 1. The molecule has 166 valence electrons. The number of amides is 2. The van der Waals surface area contributed by atoms with E-state index in [4.69, 9.17) is 16.3 Å². The maximum Gasteiger partial charge on any atom is 0.261 e. The van der Waals surface area contributed by atoms with E-state index < -0.39 is 17.8 Å². The van der Waals surface area contributed by atoms with E-state index >= 15 is 0 Å². The molecule has 0 heterocycles. The van der Waals surface area contributed by atoms with Gasteiger partial charge in [0.1, 0.15) is 17.6 Å². The standard InChI is InChI=1S/C24H28ClFN2O3/c1-17(24(30)27-20-10-3-2-4-11-20)28(15-18-8-5-6-13-22(18)26)23(29)16-31-21-12-7-9-19(25)14-21/h5-9,12-14,17,20H,2-4,10-11,15-16H2,1H3,(H,27,30)/t17-/m0/s1. The lowest BCUT2D eigenvalue weighted by Gasteiger charge is -2.31. The topological polar surface area (TPSA) is 58.6 Å². The predicted molar refractivity (Wildman–Crippen MR) is 118 cm³/mol. The average Bonchev–Trinajstić information content (AvgIpc) is 2.77. The molecule has 1 fully saturated rings. The Bertz CT molecular complexity index is 902. The lowest BCUT2D eigenvalue weighted by atomic mass is 9.95. The second-order valence-corrected chi connectivity index (χ2v) is 8.32. The molecule has 0 spiro atoms. The van der Waals surface area contributed by atoms with Gasteiger partial charge in [0.15, 0.2) is 6.61 Å². The zero-order valence-electron chi connectivity index (χ0n) is 17.7. The normalized spacial score (nSPS) is 15.2. The molecule has 2 aromatic carbocycles. The monoisotopic (exact) mass is 446 g/mol. The van der Waals surface area contributed by atoms with Crippen molar-refractivity contribution in [2.45, 2.75) is 57.7 Å². The molecule has 1 aliphatic carbocycles. The van der Waals surface area contributed by atoms with Crippen molar-refractivity contribution in [1.82, 2.24) is 10.2 Å². The van der Waals surface area contributed by atoms with Crippen molar-refractivity contribution in [3.63, 3.8) is 0 Å². The highest BCUT2D eigenvalue weighted by Crippen LogP contribution is 2.20. The fourth-order valence-electron chi connectivity index (χ4n) is 3.75. The van der Waals surface area contributed by atoms with Crippen molar-refractivity contribution in [3.05, 3.63) is 64.9 Å². The number of benzene rings is 2. The molecule has 3 rings (SSSR count). The van der Waals surface area contributed by atoms with Crippen molar-refractivity contribution in [2.75, 3.05) is 6.61 Å². The van der Waals surface area contributed by atoms with Gasteiger partial charge in [-0.1, -0.05) is 55.1 Å². The maximum absolute atomic E-state index is 14.3. The van der Waals surface area contributed by atoms with Gasteiger partial charge in [0.25, 0.3) is 5.91 Å². The Labute approximate surface area is 187 Å². The van der Waals surface area contributed by atoms with Crippen molar-refractivity contribution >= 4 is 23.4 Å². The van der Waals surface area contributed by atoms with Crippen LogP contribution in [0.5, 0.6) is 5.75 Å². The van der Waals surface area contributed by atoms with Gasteiger partial charge < -0.3 is 15.0 Å². The number of nitrogens with zero attached hydrogens (tertiary/aromatic N) is 1. The molecule has 0 radical (unpaired) electrons. The zero-order chi connectivity index (χ0) is 22.2. The number of hydrogen-bond donors (Lipinski definition) is 1. The molecule has 2 aromatic rings. The Hall–Kier alpha value is -2.60. The third kappa shape index (κ3) is 6.69. The van der Waals surface area contributed by atoms with Crippen molar-refractivity contribution in [2.24, 2.45) is 0 Å². The molecule has 31 heavy (non-hydrogen) atoms. The van der Waals surface area contributed by atoms with Gasteiger partial charge in [0, 0.05) is 23.2 Å². The second-order valence-electron chi connectivity index (χ2n) is 7.88. The molecule has 0 unspecified atom stereocenters. The summed E-state index contributed by atoms with van der Waals surface area (Å²) in [5, 5.41) is 3.54. The SMILES string of the molecule is C[C@@H](C(=O)NC1CCCCC1)N(Cc1ccccc1F)C(=O)COc1cccc(Cl)c1. The molecule has 5 nitrogen and oxygen atoms in total. The molecule has 7 heteroatoms. The molecule has 0 bridgehead atoms. The van der Waals surface area contributed by atoms with E-state index in [1.54, 1.807) is 49.4 Å². The van der Waals surface area contributed by atoms with Gasteiger partial charge in [-0.15, -0.1) is 0 Å². The molecule has 1 N–H and O–H groups in total. The molecule has 1 saturated carbocycles. The fourth-order valence-corrected chi connectivity index (χ4v) is 3.93. The Morgan fingerprint density at radius 3 is 2.61 bits per heavy atom. The van der Waals surface area contributed by atoms with E-state index in [1.165, 1.54) is 17.4 Å². The Balaban J connectivity index is 1.72. The third-order valence-electron chi connectivity index (χ3n) is 5.58. The van der Waals surface area contributed by atoms with Crippen LogP contribution in [0.4, 0.5) is 4.39 Å². The van der Waals surface area contributed by atoms with Gasteiger partial charge in [0.05, 0.1) is 0 Å². The summed E-state index contributed by atoms with van der Waals surface area (Å²) in [6.07, 6.45) is 5.24. The molecular weight excluding hydrogens is 419 g/mol. The summed E-state index contributed by atoms with van der Waals surface area (Å²) < 4.78 is 19.8. The average molecular weight is 447 g/mol. The molecule has 2 amide bonds. The van der Waals surface area contributed by atoms with Crippen molar-refractivity contribution in [3.8, 4) is 5.75 Å². The van der Waals surface area contributed by atoms with Crippen LogP contribution in [-0.2, 0) is 16.1 Å². The first-order chi connectivity index (χ1) is 14.9. The number of hydrogen-bond acceptors (Lipinski definition) is 3. The summed E-state index contributed by atoms with van der Waals surface area (Å²) in [5.74, 6) is -0.615. The number of carbonyl (C=O) groups is 2. The van der Waals surface area contributed by atoms with Gasteiger partial charge in [-0.25, -0.2) is 4.39 Å². The Kier molecular flexibility index (Phi) is 8.29. The van der Waals surface area contributed by atoms with Gasteiger partial charge >= 0.3 is 0 Å². The van der Waals surface area contributed by atoms with Crippen molar-refractivity contribution < 1.29 is 18.7 Å². The molecule has 1 atom stereocenters. The molecule has 0 saturated heterocycles. The predicted octanol–water partition coefficient (Wildman–Crippen LogP) is 4.72. The van der Waals surface area contributed by atoms with E-state index in [-0.39, 0.29) is 25.1 Å².